The highest BCUT2D eigenvalue weighted by Gasteiger charge is 2.06. The average molecular weight is 283 g/mol. The lowest BCUT2D eigenvalue weighted by Gasteiger charge is -2.15. The largest absolute Gasteiger partial charge is 0.494 e. The van der Waals surface area contributed by atoms with Gasteiger partial charge in [-0.3, -0.25) is 0 Å². The summed E-state index contributed by atoms with van der Waals surface area (Å²) >= 11 is 0. The number of nitrogens with one attached hydrogen (secondary N) is 1. The van der Waals surface area contributed by atoms with Crippen LogP contribution in [-0.4, -0.2) is 13.2 Å². The van der Waals surface area contributed by atoms with Crippen LogP contribution in [0.25, 0.3) is 11.1 Å². The molecule has 0 amide bonds. The molecule has 1 N–H and O–H groups in total. The molecule has 112 valence electrons. The summed E-state index contributed by atoms with van der Waals surface area (Å²) in [6.45, 7) is 8.16. The molecule has 2 aromatic carbocycles. The molecular formula is C19H25NO. The molecule has 0 bridgehead atoms. The third kappa shape index (κ3) is 4.33. The van der Waals surface area contributed by atoms with Gasteiger partial charge in [0.15, 0.2) is 0 Å². The molecular weight excluding hydrogens is 258 g/mol. The lowest BCUT2D eigenvalue weighted by atomic mass is 10.00. The van der Waals surface area contributed by atoms with Crippen LogP contribution in [0.4, 0.5) is 0 Å². The summed E-state index contributed by atoms with van der Waals surface area (Å²) in [6.07, 6.45) is 1.16. The van der Waals surface area contributed by atoms with Crippen molar-refractivity contribution in [3.05, 3.63) is 54.1 Å². The predicted molar refractivity (Wildman–Crippen MR) is 89.8 cm³/mol. The van der Waals surface area contributed by atoms with Crippen LogP contribution in [0.15, 0.2) is 48.5 Å². The predicted octanol–water partition coefficient (Wildman–Crippen LogP) is 4.81. The number of hydrogen-bond acceptors (Lipinski definition) is 2. The Balaban J connectivity index is 2.16. The van der Waals surface area contributed by atoms with Crippen LogP contribution in [-0.2, 0) is 0 Å². The summed E-state index contributed by atoms with van der Waals surface area (Å²) in [6, 6.07) is 17.4. The molecule has 2 heteroatoms. The second-order valence-corrected chi connectivity index (χ2v) is 5.26. The summed E-state index contributed by atoms with van der Waals surface area (Å²) in [5.41, 5.74) is 3.80. The van der Waals surface area contributed by atoms with Crippen LogP contribution < -0.4 is 10.1 Å². The van der Waals surface area contributed by atoms with Crippen LogP contribution >= 0.6 is 0 Å². The van der Waals surface area contributed by atoms with E-state index >= 15 is 0 Å². The molecule has 2 rings (SSSR count). The van der Waals surface area contributed by atoms with E-state index in [9.17, 15) is 0 Å². The highest BCUT2D eigenvalue weighted by molar-refractivity contribution is 5.65. The lowest BCUT2D eigenvalue weighted by molar-refractivity contribution is 0.340. The van der Waals surface area contributed by atoms with E-state index in [1.807, 2.05) is 19.1 Å². The molecule has 0 heterocycles. The molecule has 1 unspecified atom stereocenters. The van der Waals surface area contributed by atoms with Crippen molar-refractivity contribution >= 4 is 0 Å². The Kier molecular flexibility index (Phi) is 5.82. The first-order valence-corrected chi connectivity index (χ1v) is 7.81. The van der Waals surface area contributed by atoms with Gasteiger partial charge in [0.1, 0.15) is 5.75 Å². The van der Waals surface area contributed by atoms with E-state index in [2.05, 4.69) is 55.6 Å². The average Bonchev–Trinajstić information content (AvgIpc) is 2.54. The van der Waals surface area contributed by atoms with E-state index < -0.39 is 0 Å². The first-order chi connectivity index (χ1) is 10.2. The monoisotopic (exact) mass is 283 g/mol. The van der Waals surface area contributed by atoms with Crippen LogP contribution in [0, 0.1) is 0 Å². The molecule has 21 heavy (non-hydrogen) atoms. The summed E-state index contributed by atoms with van der Waals surface area (Å²) < 4.78 is 5.49. The maximum Gasteiger partial charge on any atom is 0.119 e. The van der Waals surface area contributed by atoms with E-state index in [0.717, 1.165) is 18.7 Å². The number of rotatable bonds is 7. The summed E-state index contributed by atoms with van der Waals surface area (Å²) in [5, 5.41) is 3.53. The van der Waals surface area contributed by atoms with Gasteiger partial charge in [-0.25, -0.2) is 0 Å². The molecule has 0 aromatic heterocycles. The van der Waals surface area contributed by atoms with Gasteiger partial charge in [0.25, 0.3) is 0 Å². The van der Waals surface area contributed by atoms with Crippen LogP contribution in [0.5, 0.6) is 5.75 Å². The highest BCUT2D eigenvalue weighted by Crippen LogP contribution is 2.25. The third-order valence-electron chi connectivity index (χ3n) is 3.59. The van der Waals surface area contributed by atoms with E-state index in [1.54, 1.807) is 0 Å². The Hall–Kier alpha value is -1.80. The zero-order valence-corrected chi connectivity index (χ0v) is 13.2. The van der Waals surface area contributed by atoms with Gasteiger partial charge in [0.05, 0.1) is 6.61 Å². The van der Waals surface area contributed by atoms with E-state index in [0.29, 0.717) is 12.6 Å². The van der Waals surface area contributed by atoms with Gasteiger partial charge in [-0.05, 0) is 61.7 Å². The Morgan fingerprint density at radius 3 is 2.43 bits per heavy atom. The normalized spacial score (nSPS) is 12.1. The summed E-state index contributed by atoms with van der Waals surface area (Å²) in [7, 11) is 0. The minimum absolute atomic E-state index is 0.382. The van der Waals surface area contributed by atoms with Gasteiger partial charge in [-0.1, -0.05) is 37.3 Å². The van der Waals surface area contributed by atoms with Gasteiger partial charge < -0.3 is 10.1 Å². The zero-order valence-electron chi connectivity index (χ0n) is 13.2. The molecule has 0 spiro atoms. The van der Waals surface area contributed by atoms with E-state index in [4.69, 9.17) is 4.74 Å². The molecule has 2 aromatic rings. The van der Waals surface area contributed by atoms with Crippen molar-refractivity contribution < 1.29 is 4.74 Å². The van der Waals surface area contributed by atoms with Crippen molar-refractivity contribution in [1.29, 1.82) is 0 Å². The van der Waals surface area contributed by atoms with Crippen molar-refractivity contribution in [3.8, 4) is 16.9 Å². The fraction of sp³-hybridized carbons (Fsp3) is 0.368. The minimum atomic E-state index is 0.382. The van der Waals surface area contributed by atoms with Gasteiger partial charge in [-0.2, -0.15) is 0 Å². The fourth-order valence-electron chi connectivity index (χ4n) is 2.38. The molecule has 0 saturated carbocycles. The summed E-state index contributed by atoms with van der Waals surface area (Å²) in [4.78, 5) is 0. The number of hydrogen-bond donors (Lipinski definition) is 1. The van der Waals surface area contributed by atoms with Crippen molar-refractivity contribution in [3.63, 3.8) is 0 Å². The zero-order chi connectivity index (χ0) is 15.1. The SMILES string of the molecule is CCCNC(C)c1cccc(-c2ccc(OCC)cc2)c1. The minimum Gasteiger partial charge on any atom is -0.494 e. The molecule has 0 aliphatic carbocycles. The van der Waals surface area contributed by atoms with Crippen molar-refractivity contribution in [2.75, 3.05) is 13.2 Å². The van der Waals surface area contributed by atoms with Crippen molar-refractivity contribution in [2.45, 2.75) is 33.2 Å². The van der Waals surface area contributed by atoms with Crippen LogP contribution in [0.1, 0.15) is 38.8 Å². The molecule has 0 aliphatic heterocycles. The topological polar surface area (TPSA) is 21.3 Å². The Labute approximate surface area is 128 Å². The molecule has 0 aliphatic rings. The Bertz CT molecular complexity index is 548. The molecule has 0 radical (unpaired) electrons. The van der Waals surface area contributed by atoms with Crippen LogP contribution in [0.3, 0.4) is 0 Å². The van der Waals surface area contributed by atoms with Crippen molar-refractivity contribution in [2.24, 2.45) is 0 Å². The maximum absolute atomic E-state index is 5.49. The van der Waals surface area contributed by atoms with Crippen LogP contribution in [0.2, 0.25) is 0 Å². The first-order valence-electron chi connectivity index (χ1n) is 7.81. The lowest BCUT2D eigenvalue weighted by Crippen LogP contribution is -2.19. The molecule has 0 fully saturated rings. The maximum atomic E-state index is 5.49. The molecule has 0 saturated heterocycles. The van der Waals surface area contributed by atoms with Crippen molar-refractivity contribution in [1.82, 2.24) is 5.32 Å². The second-order valence-electron chi connectivity index (χ2n) is 5.26. The third-order valence-corrected chi connectivity index (χ3v) is 3.59. The molecule has 1 atom stereocenters. The van der Waals surface area contributed by atoms with E-state index in [1.165, 1.54) is 16.7 Å². The smallest absolute Gasteiger partial charge is 0.119 e. The van der Waals surface area contributed by atoms with Gasteiger partial charge >= 0.3 is 0 Å². The molecule has 2 nitrogen and oxygen atoms in total. The highest BCUT2D eigenvalue weighted by atomic mass is 16.5. The fourth-order valence-corrected chi connectivity index (χ4v) is 2.38. The summed E-state index contributed by atoms with van der Waals surface area (Å²) in [5.74, 6) is 0.926. The quantitative estimate of drug-likeness (QED) is 0.787. The standard InChI is InChI=1S/C19H25NO/c1-4-13-20-15(3)17-7-6-8-18(14-17)16-9-11-19(12-10-16)21-5-2/h6-12,14-15,20H,4-5,13H2,1-3H3. The Morgan fingerprint density at radius 1 is 1.00 bits per heavy atom. The first kappa shape index (κ1) is 15.6. The second kappa shape index (κ2) is 7.84. The Morgan fingerprint density at radius 2 is 1.76 bits per heavy atom. The van der Waals surface area contributed by atoms with Gasteiger partial charge in [-0.15, -0.1) is 0 Å². The van der Waals surface area contributed by atoms with E-state index in [-0.39, 0.29) is 0 Å². The number of ether oxygens (including phenoxy) is 1. The number of benzene rings is 2. The van der Waals surface area contributed by atoms with Gasteiger partial charge in [0, 0.05) is 6.04 Å². The van der Waals surface area contributed by atoms with Gasteiger partial charge in [0.2, 0.25) is 0 Å².